The molecular weight excluding hydrogens is 458 g/mol. The van der Waals surface area contributed by atoms with Crippen LogP contribution in [0.1, 0.15) is 34.5 Å². The van der Waals surface area contributed by atoms with Crippen LogP contribution in [-0.2, 0) is 12.8 Å². The Morgan fingerprint density at radius 3 is 2.41 bits per heavy atom. The molecule has 0 spiro atoms. The summed E-state index contributed by atoms with van der Waals surface area (Å²) in [6.45, 7) is 0. The van der Waals surface area contributed by atoms with E-state index in [0.717, 1.165) is 25.0 Å². The molecule has 0 atom stereocenters. The van der Waals surface area contributed by atoms with Crippen molar-refractivity contribution in [2.24, 2.45) is 4.99 Å². The Hall–Kier alpha value is -3.85. The molecule has 34 heavy (non-hydrogen) atoms. The van der Waals surface area contributed by atoms with Crippen LogP contribution in [0.3, 0.4) is 0 Å². The summed E-state index contributed by atoms with van der Waals surface area (Å²) in [6.07, 6.45) is 3.34. The smallest absolute Gasteiger partial charge is 0.257 e. The van der Waals surface area contributed by atoms with Gasteiger partial charge in [-0.25, -0.2) is 4.98 Å². The lowest BCUT2D eigenvalue weighted by Crippen LogP contribution is -2.36. The number of guanidine groups is 1. The summed E-state index contributed by atoms with van der Waals surface area (Å²) >= 11 is 5.93. The molecule has 0 aliphatic heterocycles. The Labute approximate surface area is 201 Å². The van der Waals surface area contributed by atoms with Gasteiger partial charge in [0.2, 0.25) is 11.9 Å². The van der Waals surface area contributed by atoms with Crippen molar-refractivity contribution in [1.82, 2.24) is 15.3 Å². The summed E-state index contributed by atoms with van der Waals surface area (Å²) in [4.78, 5) is 37.1. The molecule has 1 aromatic heterocycles. The summed E-state index contributed by atoms with van der Waals surface area (Å²) in [5.41, 5.74) is 2.15. The van der Waals surface area contributed by atoms with Crippen LogP contribution in [0.25, 0.3) is 0 Å². The van der Waals surface area contributed by atoms with Crippen LogP contribution in [0.5, 0.6) is 11.5 Å². The van der Waals surface area contributed by atoms with Gasteiger partial charge in [0.05, 0.1) is 19.9 Å². The maximum Gasteiger partial charge on any atom is 0.257 e. The second-order valence-corrected chi connectivity index (χ2v) is 8.11. The molecule has 0 bridgehead atoms. The predicted molar refractivity (Wildman–Crippen MR) is 131 cm³/mol. The predicted octanol–water partition coefficient (Wildman–Crippen LogP) is 3.85. The normalized spacial score (nSPS) is 13.1. The van der Waals surface area contributed by atoms with Crippen molar-refractivity contribution in [3.8, 4) is 11.5 Å². The van der Waals surface area contributed by atoms with E-state index in [1.807, 2.05) is 0 Å². The molecule has 1 aliphatic carbocycles. The molecule has 0 radical (unpaired) electrons. The number of anilines is 1. The zero-order valence-corrected chi connectivity index (χ0v) is 19.5. The topological polar surface area (TPSA) is 118 Å². The molecule has 0 fully saturated rings. The van der Waals surface area contributed by atoms with E-state index in [4.69, 9.17) is 21.1 Å². The maximum absolute atomic E-state index is 12.9. The lowest BCUT2D eigenvalue weighted by molar-refractivity contribution is 0.0977. The van der Waals surface area contributed by atoms with Gasteiger partial charge in [-0.05, 0) is 49.9 Å². The van der Waals surface area contributed by atoms with Gasteiger partial charge in [-0.1, -0.05) is 11.6 Å². The van der Waals surface area contributed by atoms with E-state index in [0.29, 0.717) is 39.8 Å². The van der Waals surface area contributed by atoms with E-state index in [9.17, 15) is 9.59 Å². The Balaban J connectivity index is 1.70. The van der Waals surface area contributed by atoms with Crippen molar-refractivity contribution in [2.45, 2.75) is 25.7 Å². The Kier molecular flexibility index (Phi) is 7.12. The van der Waals surface area contributed by atoms with Gasteiger partial charge < -0.3 is 14.8 Å². The number of methoxy groups -OCH3 is 2. The Morgan fingerprint density at radius 1 is 1.06 bits per heavy atom. The molecule has 4 rings (SSSR count). The number of benzene rings is 2. The highest BCUT2D eigenvalue weighted by Gasteiger charge is 2.17. The first-order valence-corrected chi connectivity index (χ1v) is 11.1. The monoisotopic (exact) mass is 481 g/mol. The van der Waals surface area contributed by atoms with Crippen LogP contribution in [0.2, 0.25) is 5.02 Å². The number of rotatable bonds is 5. The average molecular weight is 482 g/mol. The lowest BCUT2D eigenvalue weighted by atomic mass is 9.97. The number of hydrogen-bond donors (Lipinski definition) is 3. The number of ether oxygens (including phenoxy) is 2. The lowest BCUT2D eigenvalue weighted by Gasteiger charge is -2.15. The number of carbonyl (C=O) groups is 1. The molecule has 1 amide bonds. The fourth-order valence-corrected chi connectivity index (χ4v) is 3.76. The van der Waals surface area contributed by atoms with E-state index in [2.05, 4.69) is 25.6 Å². The molecule has 1 aliphatic rings. The highest BCUT2D eigenvalue weighted by Crippen LogP contribution is 2.26. The van der Waals surface area contributed by atoms with E-state index in [-0.39, 0.29) is 17.5 Å². The van der Waals surface area contributed by atoms with Crippen molar-refractivity contribution in [2.75, 3.05) is 19.5 Å². The van der Waals surface area contributed by atoms with Crippen molar-refractivity contribution in [3.05, 3.63) is 74.7 Å². The van der Waals surface area contributed by atoms with Crippen molar-refractivity contribution in [1.29, 1.82) is 0 Å². The number of aryl methyl sites for hydroxylation is 1. The molecular formula is C24H24ClN5O4. The number of fused-ring (bicyclic) bond motifs is 1. The van der Waals surface area contributed by atoms with Crippen LogP contribution < -0.4 is 25.7 Å². The third-order valence-corrected chi connectivity index (χ3v) is 5.60. The number of hydrogen-bond acceptors (Lipinski definition) is 6. The summed E-state index contributed by atoms with van der Waals surface area (Å²) in [5.74, 6) is 0.836. The Morgan fingerprint density at radius 2 is 1.74 bits per heavy atom. The summed E-state index contributed by atoms with van der Waals surface area (Å²) < 4.78 is 10.6. The molecule has 3 N–H and O–H groups in total. The van der Waals surface area contributed by atoms with Gasteiger partial charge in [-0.3, -0.25) is 19.9 Å². The first kappa shape index (κ1) is 23.3. The largest absolute Gasteiger partial charge is 0.497 e. The number of aromatic nitrogens is 2. The van der Waals surface area contributed by atoms with E-state index in [1.165, 1.54) is 14.2 Å². The first-order chi connectivity index (χ1) is 16.4. The van der Waals surface area contributed by atoms with E-state index >= 15 is 0 Å². The molecule has 0 unspecified atom stereocenters. The van der Waals surface area contributed by atoms with Gasteiger partial charge in [0, 0.05) is 40.0 Å². The van der Waals surface area contributed by atoms with Crippen LogP contribution >= 0.6 is 11.6 Å². The quantitative estimate of drug-likeness (QED) is 0.376. The number of H-pyrrole nitrogens is 1. The number of nitrogens with zero attached hydrogens (tertiary/aromatic N) is 2. The molecule has 0 saturated heterocycles. The van der Waals surface area contributed by atoms with Gasteiger partial charge in [0.1, 0.15) is 11.5 Å². The van der Waals surface area contributed by atoms with Crippen molar-refractivity contribution in [3.63, 3.8) is 0 Å². The molecule has 9 nitrogen and oxygen atoms in total. The second-order valence-electron chi connectivity index (χ2n) is 7.67. The summed E-state index contributed by atoms with van der Waals surface area (Å²) in [5, 5.41) is 6.31. The minimum absolute atomic E-state index is 0.0640. The number of amides is 1. The van der Waals surface area contributed by atoms with Crippen LogP contribution in [0, 0.1) is 0 Å². The van der Waals surface area contributed by atoms with Gasteiger partial charge in [-0.2, -0.15) is 4.99 Å². The Bertz CT molecular complexity index is 1270. The number of aliphatic imine (C=N–C) groups is 1. The van der Waals surface area contributed by atoms with Gasteiger partial charge >= 0.3 is 0 Å². The second kappa shape index (κ2) is 10.4. The standard InChI is InChI=1S/C24H24ClN5O4/c1-33-17-11-16(12-18(13-17)34-2)26-23(28-21(31)14-7-9-15(25)10-8-14)30-24-27-20-6-4-3-5-19(20)22(32)29-24/h7-13H,3-6H2,1-2H3,(H3,26,27,28,29,30,31,32). The van der Waals surface area contributed by atoms with Crippen molar-refractivity contribution >= 4 is 35.1 Å². The van der Waals surface area contributed by atoms with Crippen LogP contribution in [0.4, 0.5) is 11.6 Å². The van der Waals surface area contributed by atoms with Gasteiger partial charge in [-0.15, -0.1) is 0 Å². The number of carbonyl (C=O) groups excluding carboxylic acids is 1. The average Bonchev–Trinajstić information content (AvgIpc) is 2.84. The zero-order valence-electron chi connectivity index (χ0n) is 18.8. The fourth-order valence-electron chi connectivity index (χ4n) is 3.63. The SMILES string of the molecule is COc1cc(N/C(=N\c2nc3c(c(=O)[nH]2)CCCC3)NC(=O)c2ccc(Cl)cc2)cc(OC)c1. The van der Waals surface area contributed by atoms with Crippen LogP contribution in [-0.4, -0.2) is 36.1 Å². The number of aromatic amines is 1. The number of nitrogens with one attached hydrogen (secondary N) is 3. The fraction of sp³-hybridized carbons (Fsp3) is 0.250. The van der Waals surface area contributed by atoms with Gasteiger partial charge in [0.15, 0.2) is 0 Å². The highest BCUT2D eigenvalue weighted by molar-refractivity contribution is 6.30. The zero-order chi connectivity index (χ0) is 24.1. The maximum atomic E-state index is 12.9. The third-order valence-electron chi connectivity index (χ3n) is 5.35. The van der Waals surface area contributed by atoms with E-state index < -0.39 is 5.91 Å². The van der Waals surface area contributed by atoms with E-state index in [1.54, 1.807) is 42.5 Å². The molecule has 10 heteroatoms. The minimum atomic E-state index is -0.418. The first-order valence-electron chi connectivity index (χ1n) is 10.7. The number of halogens is 1. The third kappa shape index (κ3) is 5.55. The molecule has 1 heterocycles. The highest BCUT2D eigenvalue weighted by atomic mass is 35.5. The summed E-state index contributed by atoms with van der Waals surface area (Å²) in [6, 6.07) is 11.6. The molecule has 176 valence electrons. The van der Waals surface area contributed by atoms with Crippen molar-refractivity contribution < 1.29 is 14.3 Å². The summed E-state index contributed by atoms with van der Waals surface area (Å²) in [7, 11) is 3.08. The molecule has 2 aromatic carbocycles. The molecule has 3 aromatic rings. The van der Waals surface area contributed by atoms with Gasteiger partial charge in [0.25, 0.3) is 11.5 Å². The van der Waals surface area contributed by atoms with Crippen LogP contribution in [0.15, 0.2) is 52.3 Å². The minimum Gasteiger partial charge on any atom is -0.497 e. The molecule has 0 saturated carbocycles.